The third-order valence-electron chi connectivity index (χ3n) is 21.5. The van der Waals surface area contributed by atoms with E-state index in [0.717, 1.165) is 116 Å². The molecule has 3 heterocycles. The smallest absolute Gasteiger partial charge is 0.143 e. The van der Waals surface area contributed by atoms with Crippen molar-refractivity contribution in [3.8, 4) is 66.8 Å². The maximum absolute atomic E-state index is 5.61. The van der Waals surface area contributed by atoms with Crippen molar-refractivity contribution in [2.24, 2.45) is 0 Å². The number of fused-ring (bicyclic) bond motifs is 9. The van der Waals surface area contributed by atoms with Crippen LogP contribution in [0.15, 0.2) is 205 Å². The number of benzene rings is 9. The first-order valence-electron chi connectivity index (χ1n) is 36.4. The van der Waals surface area contributed by atoms with Crippen LogP contribution in [0.5, 0.6) is 0 Å². The summed E-state index contributed by atoms with van der Waals surface area (Å²) in [4.78, 5) is 10.5. The summed E-state index contributed by atoms with van der Waals surface area (Å²) in [5, 5.41) is 11.4. The van der Waals surface area contributed by atoms with Crippen molar-refractivity contribution in [3.63, 3.8) is 0 Å². The normalized spacial score (nSPS) is 13.6. The number of hydrogen-bond donors (Lipinski definition) is 0. The van der Waals surface area contributed by atoms with Gasteiger partial charge < -0.3 is 0 Å². The molecular weight excluding hydrogens is 1170 g/mol. The zero-order valence-corrected chi connectivity index (χ0v) is 57.2. The molecular formula is C91H92N4O. The van der Waals surface area contributed by atoms with Gasteiger partial charge in [-0.2, -0.15) is 0 Å². The van der Waals surface area contributed by atoms with E-state index in [1.807, 2.05) is 0 Å². The molecule has 12 aromatic rings. The van der Waals surface area contributed by atoms with Gasteiger partial charge in [-0.1, -0.05) is 294 Å². The number of para-hydroxylation sites is 2. The van der Waals surface area contributed by atoms with E-state index in [2.05, 4.69) is 269 Å². The highest BCUT2D eigenvalue weighted by molar-refractivity contribution is 6.01. The van der Waals surface area contributed by atoms with E-state index in [0.29, 0.717) is 0 Å². The molecule has 3 aromatic heterocycles. The van der Waals surface area contributed by atoms with Crippen molar-refractivity contribution in [2.45, 2.75) is 174 Å². The van der Waals surface area contributed by atoms with Crippen LogP contribution in [-0.4, -0.2) is 20.3 Å². The van der Waals surface area contributed by atoms with Crippen molar-refractivity contribution in [1.29, 1.82) is 0 Å². The van der Waals surface area contributed by atoms with Gasteiger partial charge in [-0.15, -0.1) is 0 Å². The number of unbranched alkanes of at least 4 members (excludes halogenated alkanes) is 12. The van der Waals surface area contributed by atoms with E-state index in [-0.39, 0.29) is 10.8 Å². The Bertz CT molecular complexity index is 4790. The molecule has 0 aliphatic heterocycles. The minimum absolute atomic E-state index is 0.0709. The molecule has 482 valence electrons. The van der Waals surface area contributed by atoms with Crippen molar-refractivity contribution in [2.75, 3.05) is 0 Å². The second-order valence-corrected chi connectivity index (χ2v) is 27.8. The number of aryl methyl sites for hydroxylation is 1. The van der Waals surface area contributed by atoms with Crippen LogP contribution >= 0.6 is 0 Å². The van der Waals surface area contributed by atoms with Crippen molar-refractivity contribution in [3.05, 3.63) is 251 Å². The highest BCUT2D eigenvalue weighted by Crippen LogP contribution is 2.58. The standard InChI is InChI=1S/C91H92N4O/c1-6-10-14-25-53-90(54-26-15-11-7-2)82-57-63(5)35-47-76(82)77-49-41-70(61-84(77)90)80-58-68(39-46-73-44-37-66-32-22-24-34-87(66)93-73)81(59-67(80)38-45-72-43-36-65-31-21-23-33-86(65)92-72)71-42-50-79-78-48-40-69(75-52-51-74(64-29-19-18-20-30-64)88-89(75)95-96-94-88)60-83(78)91(85(79)62-71,55-27-16-12-8-3)56-28-17-13-9-4/h18-24,29-52,57-62H,6-17,25-28,53-56H2,1-5H3/b45-38-,46-39+. The Labute approximate surface area is 569 Å². The second kappa shape index (κ2) is 28.9. The quantitative estimate of drug-likeness (QED) is 0.0457. The lowest BCUT2D eigenvalue weighted by atomic mass is 9.69. The number of rotatable bonds is 28. The molecule has 0 bridgehead atoms. The Morgan fingerprint density at radius 3 is 1.12 bits per heavy atom. The van der Waals surface area contributed by atoms with Crippen LogP contribution in [0, 0.1) is 6.92 Å². The average molecular weight is 1260 g/mol. The summed E-state index contributed by atoms with van der Waals surface area (Å²) in [6.07, 6.45) is 33.2. The average Bonchev–Trinajstić information content (AvgIpc) is 1.56. The first-order chi connectivity index (χ1) is 47.3. The van der Waals surface area contributed by atoms with Gasteiger partial charge in [0.25, 0.3) is 0 Å². The molecule has 96 heavy (non-hydrogen) atoms. The fourth-order valence-corrected chi connectivity index (χ4v) is 16.4. The topological polar surface area (TPSA) is 64.7 Å². The lowest BCUT2D eigenvalue weighted by molar-refractivity contribution is 0.315. The molecule has 0 unspecified atom stereocenters. The van der Waals surface area contributed by atoms with Gasteiger partial charge in [0.05, 0.1) is 22.4 Å². The van der Waals surface area contributed by atoms with Gasteiger partial charge in [0.15, 0.2) is 0 Å². The minimum atomic E-state index is -0.223. The maximum atomic E-state index is 5.61. The van der Waals surface area contributed by atoms with E-state index in [1.165, 1.54) is 162 Å². The molecule has 0 N–H and O–H groups in total. The van der Waals surface area contributed by atoms with Crippen LogP contribution in [0.25, 0.3) is 124 Å². The summed E-state index contributed by atoms with van der Waals surface area (Å²) in [6, 6.07) is 75.3. The van der Waals surface area contributed by atoms with Gasteiger partial charge in [0.1, 0.15) is 11.0 Å². The number of aromatic nitrogens is 4. The Balaban J connectivity index is 0.973. The molecule has 0 spiro atoms. The number of pyridine rings is 2. The molecule has 2 aliphatic rings. The molecule has 0 saturated heterocycles. The minimum Gasteiger partial charge on any atom is -0.248 e. The SMILES string of the molecule is CCCCCCC1(CCCCCC)c2cc(C)ccc2-c2ccc(-c3cc(/C=C/c4ccc5ccccc5n4)c(-c4ccc5c(c4)C(CCCCCC)(CCCCCC)c4cc(-c6ccc(-c7ccccc7)c7nonc67)ccc4-5)cc3/C=C\c3ccc4ccccc4n3)cc21. The van der Waals surface area contributed by atoms with E-state index < -0.39 is 0 Å². The highest BCUT2D eigenvalue weighted by Gasteiger charge is 2.44. The predicted molar refractivity (Wildman–Crippen MR) is 407 cm³/mol. The first kappa shape index (κ1) is 64.0. The van der Waals surface area contributed by atoms with Crippen LogP contribution in [0.1, 0.15) is 206 Å². The Morgan fingerprint density at radius 1 is 0.312 bits per heavy atom. The summed E-state index contributed by atoms with van der Waals surface area (Å²) in [5.41, 5.74) is 29.4. The van der Waals surface area contributed by atoms with Crippen LogP contribution in [0.2, 0.25) is 0 Å². The first-order valence-corrected chi connectivity index (χ1v) is 36.4. The van der Waals surface area contributed by atoms with E-state index in [9.17, 15) is 0 Å². The molecule has 0 amide bonds. The molecule has 5 nitrogen and oxygen atoms in total. The third kappa shape index (κ3) is 12.7. The lowest BCUT2D eigenvalue weighted by Crippen LogP contribution is -2.25. The number of hydrogen-bond acceptors (Lipinski definition) is 5. The third-order valence-corrected chi connectivity index (χ3v) is 21.5. The van der Waals surface area contributed by atoms with Gasteiger partial charge in [-0.05, 0) is 199 Å². The predicted octanol–water partition coefficient (Wildman–Crippen LogP) is 26.1. The monoisotopic (exact) mass is 1260 g/mol. The van der Waals surface area contributed by atoms with E-state index in [4.69, 9.17) is 14.6 Å². The van der Waals surface area contributed by atoms with E-state index in [1.54, 1.807) is 0 Å². The van der Waals surface area contributed by atoms with Crippen LogP contribution < -0.4 is 0 Å². The molecule has 14 rings (SSSR count). The van der Waals surface area contributed by atoms with E-state index >= 15 is 0 Å². The summed E-state index contributed by atoms with van der Waals surface area (Å²) in [6.45, 7) is 11.6. The van der Waals surface area contributed by atoms with Gasteiger partial charge in [0.2, 0.25) is 0 Å². The Kier molecular flexibility index (Phi) is 19.3. The summed E-state index contributed by atoms with van der Waals surface area (Å²) >= 11 is 0. The fourth-order valence-electron chi connectivity index (χ4n) is 16.4. The Hall–Kier alpha value is -9.32. The van der Waals surface area contributed by atoms with Crippen molar-refractivity contribution < 1.29 is 4.63 Å². The molecule has 5 heteroatoms. The Morgan fingerprint density at radius 2 is 0.688 bits per heavy atom. The van der Waals surface area contributed by atoms with Crippen molar-refractivity contribution >= 4 is 57.1 Å². The van der Waals surface area contributed by atoms with Gasteiger partial charge in [-0.25, -0.2) is 14.6 Å². The molecule has 9 aromatic carbocycles. The summed E-state index contributed by atoms with van der Waals surface area (Å²) < 4.78 is 5.61. The lowest BCUT2D eigenvalue weighted by Gasteiger charge is -2.33. The summed E-state index contributed by atoms with van der Waals surface area (Å²) in [5.74, 6) is 0. The zero-order chi connectivity index (χ0) is 65.4. The van der Waals surface area contributed by atoms with Crippen LogP contribution in [-0.2, 0) is 10.8 Å². The fraction of sp³-hybridized carbons (Fsp3) is 0.297. The molecule has 0 radical (unpaired) electrons. The molecule has 0 saturated carbocycles. The molecule has 2 aliphatic carbocycles. The van der Waals surface area contributed by atoms with Crippen molar-refractivity contribution in [1.82, 2.24) is 20.3 Å². The summed E-state index contributed by atoms with van der Waals surface area (Å²) in [7, 11) is 0. The second-order valence-electron chi connectivity index (χ2n) is 27.8. The van der Waals surface area contributed by atoms with Gasteiger partial charge in [0, 0.05) is 32.7 Å². The highest BCUT2D eigenvalue weighted by atomic mass is 16.6. The van der Waals surface area contributed by atoms with Crippen LogP contribution in [0.4, 0.5) is 0 Å². The van der Waals surface area contributed by atoms with Crippen LogP contribution in [0.3, 0.4) is 0 Å². The van der Waals surface area contributed by atoms with Gasteiger partial charge >= 0.3 is 0 Å². The molecule has 0 fully saturated rings. The molecule has 0 atom stereocenters. The van der Waals surface area contributed by atoms with Gasteiger partial charge in [-0.3, -0.25) is 0 Å². The number of nitrogens with zero attached hydrogens (tertiary/aromatic N) is 4. The zero-order valence-electron chi connectivity index (χ0n) is 57.2. The largest absolute Gasteiger partial charge is 0.248 e. The maximum Gasteiger partial charge on any atom is 0.143 e.